The lowest BCUT2D eigenvalue weighted by molar-refractivity contribution is -0.146. The van der Waals surface area contributed by atoms with E-state index in [0.29, 0.717) is 51.0 Å². The second kappa shape index (κ2) is 7.38. The number of allylic oxidation sites excluding steroid dienone is 1. The average molecular weight is 344 g/mol. The third-order valence-electron chi connectivity index (χ3n) is 5.41. The number of carbonyl (C=O) groups is 2. The fourth-order valence-corrected chi connectivity index (χ4v) is 3.98. The molecule has 5 heteroatoms. The van der Waals surface area contributed by atoms with Crippen molar-refractivity contribution in [1.82, 2.24) is 9.80 Å². The predicted molar refractivity (Wildman–Crippen MR) is 94.1 cm³/mol. The van der Waals surface area contributed by atoms with Crippen molar-refractivity contribution >= 4 is 11.8 Å². The van der Waals surface area contributed by atoms with Gasteiger partial charge in [-0.15, -0.1) is 6.58 Å². The van der Waals surface area contributed by atoms with Crippen molar-refractivity contribution in [2.24, 2.45) is 5.41 Å². The normalized spacial score (nSPS) is 23.3. The number of amides is 2. The van der Waals surface area contributed by atoms with Crippen LogP contribution in [0.15, 0.2) is 36.9 Å². The quantitative estimate of drug-likeness (QED) is 0.770. The van der Waals surface area contributed by atoms with Crippen LogP contribution >= 0.6 is 0 Å². The summed E-state index contributed by atoms with van der Waals surface area (Å²) in [5.41, 5.74) is 0.0673. The molecule has 2 fully saturated rings. The Bertz CT molecular complexity index is 675. The van der Waals surface area contributed by atoms with Gasteiger partial charge in [0.25, 0.3) is 0 Å². The molecular formula is C20H25FN2O2. The molecule has 1 aromatic carbocycles. The van der Waals surface area contributed by atoms with E-state index in [1.807, 2.05) is 4.90 Å². The van der Waals surface area contributed by atoms with Gasteiger partial charge in [-0.3, -0.25) is 9.59 Å². The lowest BCUT2D eigenvalue weighted by Gasteiger charge is -2.39. The third-order valence-corrected chi connectivity index (χ3v) is 5.41. The number of nitrogens with zero attached hydrogens (tertiary/aromatic N) is 2. The highest BCUT2D eigenvalue weighted by Gasteiger charge is 2.49. The lowest BCUT2D eigenvalue weighted by atomic mass is 9.78. The van der Waals surface area contributed by atoms with Crippen molar-refractivity contribution in [2.75, 3.05) is 19.6 Å². The van der Waals surface area contributed by atoms with E-state index in [1.54, 1.807) is 29.2 Å². The van der Waals surface area contributed by atoms with E-state index in [-0.39, 0.29) is 17.6 Å². The molecule has 2 aliphatic rings. The van der Waals surface area contributed by atoms with Crippen LogP contribution < -0.4 is 0 Å². The molecule has 2 amide bonds. The number of piperidine rings is 1. The second-order valence-electron chi connectivity index (χ2n) is 7.09. The van der Waals surface area contributed by atoms with E-state index in [2.05, 4.69) is 6.58 Å². The first kappa shape index (κ1) is 17.6. The first-order valence-corrected chi connectivity index (χ1v) is 8.97. The molecule has 2 aliphatic heterocycles. The van der Waals surface area contributed by atoms with E-state index in [1.165, 1.54) is 6.07 Å². The molecule has 0 bridgehead atoms. The zero-order valence-corrected chi connectivity index (χ0v) is 14.5. The van der Waals surface area contributed by atoms with Crippen LogP contribution in [-0.4, -0.2) is 41.2 Å². The van der Waals surface area contributed by atoms with Gasteiger partial charge in [0.1, 0.15) is 5.82 Å². The summed E-state index contributed by atoms with van der Waals surface area (Å²) in [6.45, 7) is 5.73. The van der Waals surface area contributed by atoms with Gasteiger partial charge in [-0.05, 0) is 31.7 Å². The van der Waals surface area contributed by atoms with Crippen LogP contribution in [0, 0.1) is 11.2 Å². The van der Waals surface area contributed by atoms with E-state index in [0.717, 1.165) is 12.8 Å². The van der Waals surface area contributed by atoms with E-state index in [9.17, 15) is 14.0 Å². The number of hydrogen-bond donors (Lipinski definition) is 0. The Kier molecular flexibility index (Phi) is 5.21. The second-order valence-corrected chi connectivity index (χ2v) is 7.09. The maximum absolute atomic E-state index is 13.9. The zero-order chi connectivity index (χ0) is 17.9. The van der Waals surface area contributed by atoms with Crippen LogP contribution in [0.1, 0.15) is 37.7 Å². The summed E-state index contributed by atoms with van der Waals surface area (Å²) in [7, 11) is 0. The molecule has 4 nitrogen and oxygen atoms in total. The molecule has 0 unspecified atom stereocenters. The number of hydrogen-bond acceptors (Lipinski definition) is 2. The molecule has 3 rings (SSSR count). The Morgan fingerprint density at radius 3 is 2.84 bits per heavy atom. The fraction of sp³-hybridized carbons (Fsp3) is 0.500. The molecule has 0 saturated carbocycles. The molecule has 1 aromatic rings. The molecule has 1 atom stereocenters. The van der Waals surface area contributed by atoms with Gasteiger partial charge >= 0.3 is 0 Å². The van der Waals surface area contributed by atoms with Crippen molar-refractivity contribution < 1.29 is 14.0 Å². The summed E-state index contributed by atoms with van der Waals surface area (Å²) < 4.78 is 13.9. The van der Waals surface area contributed by atoms with E-state index in [4.69, 9.17) is 0 Å². The summed E-state index contributed by atoms with van der Waals surface area (Å²) >= 11 is 0. The molecule has 2 saturated heterocycles. The topological polar surface area (TPSA) is 40.6 Å². The molecule has 0 radical (unpaired) electrons. The monoisotopic (exact) mass is 344 g/mol. The Morgan fingerprint density at radius 2 is 2.08 bits per heavy atom. The van der Waals surface area contributed by atoms with Crippen molar-refractivity contribution in [2.45, 2.75) is 38.6 Å². The van der Waals surface area contributed by atoms with Gasteiger partial charge in [0.2, 0.25) is 11.8 Å². The lowest BCUT2D eigenvalue weighted by Crippen LogP contribution is -2.50. The number of halogens is 1. The van der Waals surface area contributed by atoms with Crippen LogP contribution in [0.5, 0.6) is 0 Å². The van der Waals surface area contributed by atoms with Gasteiger partial charge in [-0.25, -0.2) is 4.39 Å². The minimum atomic E-state index is -0.479. The predicted octanol–water partition coefficient (Wildman–Crippen LogP) is 3.13. The molecule has 0 aromatic heterocycles. The minimum absolute atomic E-state index is 0.0704. The van der Waals surface area contributed by atoms with Gasteiger partial charge in [0.15, 0.2) is 0 Å². The molecule has 2 heterocycles. The number of benzene rings is 1. The highest BCUT2D eigenvalue weighted by atomic mass is 19.1. The first-order chi connectivity index (χ1) is 12.1. The largest absolute Gasteiger partial charge is 0.342 e. The standard InChI is InChI=1S/C20H25FN2O2/c1-2-3-9-18(24)23-13-11-20(15-23)10-6-12-22(19(20)25)14-16-7-4-5-8-17(16)21/h2,4-5,7-8H,1,3,6,9-15H2/t20-/m0/s1. The first-order valence-electron chi connectivity index (χ1n) is 8.97. The van der Waals surface area contributed by atoms with Gasteiger partial charge in [0.05, 0.1) is 5.41 Å². The summed E-state index contributed by atoms with van der Waals surface area (Å²) in [6, 6.07) is 6.60. The number of rotatable bonds is 5. The van der Waals surface area contributed by atoms with Crippen molar-refractivity contribution in [3.8, 4) is 0 Å². The molecule has 0 N–H and O–H groups in total. The van der Waals surface area contributed by atoms with E-state index < -0.39 is 5.41 Å². The Balaban J connectivity index is 1.69. The summed E-state index contributed by atoms with van der Waals surface area (Å²) in [5.74, 6) is -0.112. The highest BCUT2D eigenvalue weighted by molar-refractivity contribution is 5.86. The minimum Gasteiger partial charge on any atom is -0.342 e. The highest BCUT2D eigenvalue weighted by Crippen LogP contribution is 2.40. The van der Waals surface area contributed by atoms with Crippen LogP contribution in [-0.2, 0) is 16.1 Å². The van der Waals surface area contributed by atoms with Gasteiger partial charge in [0, 0.05) is 38.2 Å². The van der Waals surface area contributed by atoms with Crippen LogP contribution in [0.2, 0.25) is 0 Å². The Labute approximate surface area is 148 Å². The van der Waals surface area contributed by atoms with Gasteiger partial charge in [-0.2, -0.15) is 0 Å². The van der Waals surface area contributed by atoms with Crippen molar-refractivity contribution in [3.05, 3.63) is 48.3 Å². The maximum Gasteiger partial charge on any atom is 0.230 e. The molecule has 0 aliphatic carbocycles. The summed E-state index contributed by atoms with van der Waals surface area (Å²) in [5, 5.41) is 0. The fourth-order valence-electron chi connectivity index (χ4n) is 3.98. The molecule has 25 heavy (non-hydrogen) atoms. The van der Waals surface area contributed by atoms with Crippen molar-refractivity contribution in [1.29, 1.82) is 0 Å². The van der Waals surface area contributed by atoms with Gasteiger partial charge < -0.3 is 9.80 Å². The molecule has 134 valence electrons. The van der Waals surface area contributed by atoms with Crippen LogP contribution in [0.25, 0.3) is 0 Å². The Hall–Kier alpha value is -2.17. The van der Waals surface area contributed by atoms with E-state index >= 15 is 0 Å². The maximum atomic E-state index is 13.9. The molecule has 1 spiro atoms. The number of carbonyl (C=O) groups excluding carboxylic acids is 2. The summed E-state index contributed by atoms with van der Waals surface area (Å²) in [4.78, 5) is 28.9. The van der Waals surface area contributed by atoms with Crippen molar-refractivity contribution in [3.63, 3.8) is 0 Å². The average Bonchev–Trinajstić information content (AvgIpc) is 3.04. The SMILES string of the molecule is C=CCCC(=O)N1CC[C@@]2(CCCN(Cc3ccccc3F)C2=O)C1. The molecular weight excluding hydrogens is 319 g/mol. The third kappa shape index (κ3) is 3.60. The summed E-state index contributed by atoms with van der Waals surface area (Å²) in [6.07, 6.45) is 5.27. The smallest absolute Gasteiger partial charge is 0.230 e. The van der Waals surface area contributed by atoms with Gasteiger partial charge in [-0.1, -0.05) is 24.3 Å². The van der Waals surface area contributed by atoms with Crippen LogP contribution in [0.3, 0.4) is 0 Å². The Morgan fingerprint density at radius 1 is 1.28 bits per heavy atom. The van der Waals surface area contributed by atoms with Crippen LogP contribution in [0.4, 0.5) is 4.39 Å². The number of likely N-dealkylation sites (tertiary alicyclic amines) is 2. The zero-order valence-electron chi connectivity index (χ0n) is 14.5.